The largest absolute Gasteiger partial charge is 0.490 e. The van der Waals surface area contributed by atoms with Crippen LogP contribution in [-0.4, -0.2) is 29.6 Å². The highest BCUT2D eigenvalue weighted by atomic mass is 16.5. The summed E-state index contributed by atoms with van der Waals surface area (Å²) >= 11 is 0. The van der Waals surface area contributed by atoms with E-state index in [4.69, 9.17) is 14.2 Å². The molecule has 0 saturated heterocycles. The van der Waals surface area contributed by atoms with Crippen LogP contribution in [0.4, 0.5) is 0 Å². The first-order chi connectivity index (χ1) is 9.83. The molecular formula is C15H20N2O3. The fourth-order valence-electron chi connectivity index (χ4n) is 1.75. The van der Waals surface area contributed by atoms with Crippen molar-refractivity contribution in [1.29, 1.82) is 0 Å². The summed E-state index contributed by atoms with van der Waals surface area (Å²) in [5, 5.41) is 4.14. The molecule has 2 rings (SSSR count). The van der Waals surface area contributed by atoms with Gasteiger partial charge in [-0.15, -0.1) is 0 Å². The number of nitrogens with zero attached hydrogens (tertiary/aromatic N) is 2. The second-order valence-corrected chi connectivity index (χ2v) is 4.11. The minimum atomic E-state index is 0.460. The van der Waals surface area contributed by atoms with E-state index in [1.165, 1.54) is 0 Å². The second kappa shape index (κ2) is 7.43. The summed E-state index contributed by atoms with van der Waals surface area (Å²) in [7, 11) is 0. The van der Waals surface area contributed by atoms with Gasteiger partial charge < -0.3 is 14.2 Å². The Morgan fingerprint density at radius 3 is 2.35 bits per heavy atom. The highest BCUT2D eigenvalue weighted by Crippen LogP contribution is 2.26. The Morgan fingerprint density at radius 2 is 1.70 bits per heavy atom. The molecule has 2 aromatic rings. The summed E-state index contributed by atoms with van der Waals surface area (Å²) in [4.78, 5) is 0. The van der Waals surface area contributed by atoms with Crippen molar-refractivity contribution in [3.05, 3.63) is 36.7 Å². The molecule has 0 bridgehead atoms. The van der Waals surface area contributed by atoms with E-state index >= 15 is 0 Å². The van der Waals surface area contributed by atoms with E-state index in [1.807, 2.05) is 49.0 Å². The number of ether oxygens (including phenoxy) is 3. The van der Waals surface area contributed by atoms with Crippen LogP contribution in [0.1, 0.15) is 13.8 Å². The normalized spacial score (nSPS) is 10.3. The van der Waals surface area contributed by atoms with E-state index in [0.717, 1.165) is 23.8 Å². The van der Waals surface area contributed by atoms with Gasteiger partial charge in [-0.2, -0.15) is 5.10 Å². The lowest BCUT2D eigenvalue weighted by Gasteiger charge is -2.11. The predicted molar refractivity (Wildman–Crippen MR) is 76.5 cm³/mol. The molecule has 1 heterocycles. The first kappa shape index (κ1) is 14.2. The number of hydrogen-bond donors (Lipinski definition) is 0. The first-order valence-electron chi connectivity index (χ1n) is 6.83. The molecule has 5 nitrogen and oxygen atoms in total. The van der Waals surface area contributed by atoms with Gasteiger partial charge >= 0.3 is 0 Å². The Labute approximate surface area is 119 Å². The Balaban J connectivity index is 1.78. The smallest absolute Gasteiger partial charge is 0.161 e. The molecule has 0 aliphatic carbocycles. The minimum absolute atomic E-state index is 0.460. The molecule has 1 aromatic carbocycles. The molecule has 0 aliphatic heterocycles. The SMILES string of the molecule is CCOc1ccccc1OCCOc1cnn(CC)c1. The quantitative estimate of drug-likeness (QED) is 0.695. The average Bonchev–Trinajstić information content (AvgIpc) is 2.93. The summed E-state index contributed by atoms with van der Waals surface area (Å²) in [5.74, 6) is 2.25. The number of para-hydroxylation sites is 2. The third-order valence-electron chi connectivity index (χ3n) is 2.69. The lowest BCUT2D eigenvalue weighted by Crippen LogP contribution is -2.09. The van der Waals surface area contributed by atoms with Crippen LogP contribution in [0.2, 0.25) is 0 Å². The number of rotatable bonds is 8. The molecule has 0 atom stereocenters. The van der Waals surface area contributed by atoms with Gasteiger partial charge in [0.25, 0.3) is 0 Å². The van der Waals surface area contributed by atoms with Crippen LogP contribution in [0.25, 0.3) is 0 Å². The average molecular weight is 276 g/mol. The number of hydrogen-bond acceptors (Lipinski definition) is 4. The number of benzene rings is 1. The molecule has 0 spiro atoms. The van der Waals surface area contributed by atoms with Crippen molar-refractivity contribution in [1.82, 2.24) is 9.78 Å². The standard InChI is InChI=1S/C15H20N2O3/c1-3-17-12-13(11-16-17)19-9-10-20-15-8-6-5-7-14(15)18-4-2/h5-8,11-12H,3-4,9-10H2,1-2H3. The summed E-state index contributed by atoms with van der Waals surface area (Å²) in [6.07, 6.45) is 3.58. The van der Waals surface area contributed by atoms with Gasteiger partial charge in [0.1, 0.15) is 13.2 Å². The van der Waals surface area contributed by atoms with Crippen molar-refractivity contribution in [3.8, 4) is 17.2 Å². The maximum Gasteiger partial charge on any atom is 0.161 e. The molecule has 0 fully saturated rings. The van der Waals surface area contributed by atoms with E-state index in [9.17, 15) is 0 Å². The molecule has 20 heavy (non-hydrogen) atoms. The van der Waals surface area contributed by atoms with Gasteiger partial charge in [0, 0.05) is 6.54 Å². The van der Waals surface area contributed by atoms with E-state index in [-0.39, 0.29) is 0 Å². The van der Waals surface area contributed by atoms with Gasteiger partial charge in [-0.25, -0.2) is 0 Å². The highest BCUT2D eigenvalue weighted by molar-refractivity contribution is 5.39. The van der Waals surface area contributed by atoms with Gasteiger partial charge in [0.05, 0.1) is 19.0 Å². The van der Waals surface area contributed by atoms with Crippen LogP contribution >= 0.6 is 0 Å². The molecule has 0 aliphatic rings. The van der Waals surface area contributed by atoms with Gasteiger partial charge in [-0.1, -0.05) is 12.1 Å². The third kappa shape index (κ3) is 3.91. The van der Waals surface area contributed by atoms with Gasteiger partial charge in [-0.05, 0) is 26.0 Å². The van der Waals surface area contributed by atoms with E-state index in [2.05, 4.69) is 5.10 Å². The van der Waals surface area contributed by atoms with E-state index in [0.29, 0.717) is 19.8 Å². The molecule has 5 heteroatoms. The Hall–Kier alpha value is -2.17. The Morgan fingerprint density at radius 1 is 1.00 bits per heavy atom. The fraction of sp³-hybridized carbons (Fsp3) is 0.400. The van der Waals surface area contributed by atoms with Crippen molar-refractivity contribution >= 4 is 0 Å². The summed E-state index contributed by atoms with van der Waals surface area (Å²) in [6.45, 7) is 6.36. The van der Waals surface area contributed by atoms with Gasteiger partial charge in [0.2, 0.25) is 0 Å². The Kier molecular flexibility index (Phi) is 5.29. The molecular weight excluding hydrogens is 256 g/mol. The zero-order chi connectivity index (χ0) is 14.2. The molecule has 108 valence electrons. The number of aromatic nitrogens is 2. The van der Waals surface area contributed by atoms with Gasteiger partial charge in [0.15, 0.2) is 17.2 Å². The molecule has 0 N–H and O–H groups in total. The molecule has 0 radical (unpaired) electrons. The fourth-order valence-corrected chi connectivity index (χ4v) is 1.75. The van der Waals surface area contributed by atoms with Crippen LogP contribution in [-0.2, 0) is 6.54 Å². The zero-order valence-corrected chi connectivity index (χ0v) is 11.9. The molecule has 0 amide bonds. The van der Waals surface area contributed by atoms with Crippen molar-refractivity contribution in [2.24, 2.45) is 0 Å². The monoisotopic (exact) mass is 276 g/mol. The summed E-state index contributed by atoms with van der Waals surface area (Å²) < 4.78 is 18.5. The predicted octanol–water partition coefficient (Wildman–Crippen LogP) is 2.76. The molecule has 0 saturated carbocycles. The first-order valence-corrected chi connectivity index (χ1v) is 6.83. The second-order valence-electron chi connectivity index (χ2n) is 4.11. The highest BCUT2D eigenvalue weighted by Gasteiger charge is 2.03. The lowest BCUT2D eigenvalue weighted by atomic mass is 10.3. The zero-order valence-electron chi connectivity index (χ0n) is 11.9. The molecule has 1 aromatic heterocycles. The van der Waals surface area contributed by atoms with Gasteiger partial charge in [-0.3, -0.25) is 4.68 Å². The Bertz CT molecular complexity index is 525. The lowest BCUT2D eigenvalue weighted by molar-refractivity contribution is 0.208. The van der Waals surface area contributed by atoms with Crippen molar-refractivity contribution in [3.63, 3.8) is 0 Å². The van der Waals surface area contributed by atoms with Crippen LogP contribution in [0.15, 0.2) is 36.7 Å². The maximum atomic E-state index is 5.67. The van der Waals surface area contributed by atoms with Crippen molar-refractivity contribution in [2.75, 3.05) is 19.8 Å². The summed E-state index contributed by atoms with van der Waals surface area (Å²) in [6, 6.07) is 7.63. The maximum absolute atomic E-state index is 5.67. The number of aryl methyl sites for hydroxylation is 1. The molecule has 0 unspecified atom stereocenters. The van der Waals surface area contributed by atoms with Crippen molar-refractivity contribution in [2.45, 2.75) is 20.4 Å². The topological polar surface area (TPSA) is 45.5 Å². The van der Waals surface area contributed by atoms with Crippen molar-refractivity contribution < 1.29 is 14.2 Å². The minimum Gasteiger partial charge on any atom is -0.490 e. The summed E-state index contributed by atoms with van der Waals surface area (Å²) in [5.41, 5.74) is 0. The van der Waals surface area contributed by atoms with Crippen LogP contribution in [0.3, 0.4) is 0 Å². The van der Waals surface area contributed by atoms with E-state index in [1.54, 1.807) is 6.20 Å². The van der Waals surface area contributed by atoms with Crippen LogP contribution in [0, 0.1) is 0 Å². The van der Waals surface area contributed by atoms with Crippen LogP contribution in [0.5, 0.6) is 17.2 Å². The van der Waals surface area contributed by atoms with E-state index < -0.39 is 0 Å². The van der Waals surface area contributed by atoms with Crippen LogP contribution < -0.4 is 14.2 Å². The third-order valence-corrected chi connectivity index (χ3v) is 2.69.